The van der Waals surface area contributed by atoms with Gasteiger partial charge in [0.25, 0.3) is 0 Å². The summed E-state index contributed by atoms with van der Waals surface area (Å²) < 4.78 is 4.84. The van der Waals surface area contributed by atoms with Gasteiger partial charge in [-0.05, 0) is 56.6 Å². The Morgan fingerprint density at radius 2 is 0.946 bits per heavy atom. The molecule has 0 spiro atoms. The van der Waals surface area contributed by atoms with Crippen molar-refractivity contribution in [2.24, 2.45) is 0 Å². The number of hydrogen-bond acceptors (Lipinski definition) is 4. The van der Waals surface area contributed by atoms with E-state index >= 15 is 0 Å². The smallest absolute Gasteiger partial charge is 0.238 e. The summed E-state index contributed by atoms with van der Waals surface area (Å²) in [6, 6.07) is 65.0. The zero-order valence-electron chi connectivity index (χ0n) is 30.0. The fraction of sp³-hybridized carbons (Fsp3) is 0. The van der Waals surface area contributed by atoms with Gasteiger partial charge in [0.1, 0.15) is 0 Å². The largest absolute Gasteiger partial charge is 0.277 e. The summed E-state index contributed by atoms with van der Waals surface area (Å²) in [5.74, 6) is 1.84. The second-order valence-corrected chi connectivity index (χ2v) is 15.5. The first kappa shape index (κ1) is 31.2. The van der Waals surface area contributed by atoms with E-state index < -0.39 is 0 Å². The van der Waals surface area contributed by atoms with Crippen molar-refractivity contribution in [2.45, 2.75) is 0 Å². The summed E-state index contributed by atoms with van der Waals surface area (Å²) in [7, 11) is 0. The SMILES string of the molecule is c1ccc2cc(-c3nc(-c4ccc5ccccc5c4)nc(-n4c5ccc6ccccc6c5c5cccc(-c6cccc7c6sc6ccccc67)c54)n3)ccc2c1. The summed E-state index contributed by atoms with van der Waals surface area (Å²) in [6.07, 6.45) is 0. The number of thiophene rings is 1. The molecule has 4 nitrogen and oxygen atoms in total. The fourth-order valence-corrected chi connectivity index (χ4v) is 9.83. The third-order valence-electron chi connectivity index (χ3n) is 11.2. The molecule has 9 aromatic carbocycles. The van der Waals surface area contributed by atoms with E-state index in [0.29, 0.717) is 17.6 Å². The van der Waals surface area contributed by atoms with Crippen LogP contribution in [0, 0.1) is 0 Å². The zero-order valence-corrected chi connectivity index (χ0v) is 30.8. The maximum Gasteiger partial charge on any atom is 0.238 e. The van der Waals surface area contributed by atoms with Crippen LogP contribution in [0.3, 0.4) is 0 Å². The van der Waals surface area contributed by atoms with Crippen LogP contribution in [-0.2, 0) is 0 Å². The Morgan fingerprint density at radius 1 is 0.393 bits per heavy atom. The Morgan fingerprint density at radius 3 is 1.66 bits per heavy atom. The molecule has 0 radical (unpaired) electrons. The maximum absolute atomic E-state index is 5.40. The average Bonchev–Trinajstić information content (AvgIpc) is 3.82. The van der Waals surface area contributed by atoms with Gasteiger partial charge in [-0.3, -0.25) is 4.57 Å². The maximum atomic E-state index is 5.40. The summed E-state index contributed by atoms with van der Waals surface area (Å²) in [6.45, 7) is 0. The van der Waals surface area contributed by atoms with E-state index in [0.717, 1.165) is 43.9 Å². The molecule has 56 heavy (non-hydrogen) atoms. The van der Waals surface area contributed by atoms with Crippen molar-refractivity contribution < 1.29 is 0 Å². The summed E-state index contributed by atoms with van der Waals surface area (Å²) in [5.41, 5.74) is 6.34. The number of rotatable bonds is 4. The minimum Gasteiger partial charge on any atom is -0.277 e. The first-order valence-electron chi connectivity index (χ1n) is 18.9. The van der Waals surface area contributed by atoms with Gasteiger partial charge in [0, 0.05) is 53.2 Å². The summed E-state index contributed by atoms with van der Waals surface area (Å²) in [5, 5.41) is 11.9. The molecule has 0 aliphatic carbocycles. The van der Waals surface area contributed by atoms with E-state index in [1.165, 1.54) is 52.7 Å². The predicted octanol–water partition coefficient (Wildman–Crippen LogP) is 13.8. The molecule has 0 aliphatic heterocycles. The Labute approximate surface area is 325 Å². The molecular weight excluding hydrogens is 701 g/mol. The molecular formula is C51H30N4S. The lowest BCUT2D eigenvalue weighted by molar-refractivity contribution is 0.954. The monoisotopic (exact) mass is 730 g/mol. The predicted molar refractivity (Wildman–Crippen MR) is 236 cm³/mol. The Balaban J connectivity index is 1.21. The van der Waals surface area contributed by atoms with Crippen LogP contribution in [0.2, 0.25) is 0 Å². The molecule has 0 fully saturated rings. The van der Waals surface area contributed by atoms with E-state index in [9.17, 15) is 0 Å². The van der Waals surface area contributed by atoms with E-state index in [2.05, 4.69) is 187 Å². The number of nitrogens with zero attached hydrogens (tertiary/aromatic N) is 4. The number of hydrogen-bond donors (Lipinski definition) is 0. The molecule has 0 aliphatic rings. The Bertz CT molecular complexity index is 3460. The van der Waals surface area contributed by atoms with E-state index in [-0.39, 0.29) is 0 Å². The minimum atomic E-state index is 0.581. The first-order chi connectivity index (χ1) is 27.7. The molecule has 0 saturated carbocycles. The van der Waals surface area contributed by atoms with Gasteiger partial charge in [0.2, 0.25) is 5.95 Å². The van der Waals surface area contributed by atoms with Gasteiger partial charge in [0.05, 0.1) is 11.0 Å². The second-order valence-electron chi connectivity index (χ2n) is 14.4. The molecule has 12 rings (SSSR count). The quantitative estimate of drug-likeness (QED) is 0.181. The molecule has 0 unspecified atom stereocenters. The summed E-state index contributed by atoms with van der Waals surface area (Å²) in [4.78, 5) is 16.0. The highest BCUT2D eigenvalue weighted by Gasteiger charge is 2.23. The zero-order chi connectivity index (χ0) is 36.7. The fourth-order valence-electron chi connectivity index (χ4n) is 8.60. The van der Waals surface area contributed by atoms with Crippen LogP contribution in [0.4, 0.5) is 0 Å². The number of benzene rings is 9. The van der Waals surface area contributed by atoms with Gasteiger partial charge in [-0.25, -0.2) is 4.98 Å². The second kappa shape index (κ2) is 12.2. The van der Waals surface area contributed by atoms with Gasteiger partial charge in [-0.2, -0.15) is 9.97 Å². The van der Waals surface area contributed by atoms with Gasteiger partial charge in [-0.1, -0.05) is 158 Å². The highest BCUT2D eigenvalue weighted by molar-refractivity contribution is 7.26. The van der Waals surface area contributed by atoms with Crippen molar-refractivity contribution in [1.29, 1.82) is 0 Å². The van der Waals surface area contributed by atoms with Crippen LogP contribution in [0.15, 0.2) is 182 Å². The number of fused-ring (bicyclic) bond motifs is 10. The highest BCUT2D eigenvalue weighted by Crippen LogP contribution is 2.45. The van der Waals surface area contributed by atoms with Gasteiger partial charge in [0.15, 0.2) is 11.6 Å². The van der Waals surface area contributed by atoms with Crippen molar-refractivity contribution in [3.05, 3.63) is 182 Å². The van der Waals surface area contributed by atoms with Crippen molar-refractivity contribution in [1.82, 2.24) is 19.5 Å². The lowest BCUT2D eigenvalue weighted by atomic mass is 9.98. The summed E-state index contributed by atoms with van der Waals surface area (Å²) >= 11 is 1.85. The van der Waals surface area contributed by atoms with Crippen molar-refractivity contribution in [2.75, 3.05) is 0 Å². The molecule has 12 aromatic rings. The third kappa shape index (κ3) is 4.75. The highest BCUT2D eigenvalue weighted by atomic mass is 32.1. The van der Waals surface area contributed by atoms with E-state index in [4.69, 9.17) is 15.0 Å². The van der Waals surface area contributed by atoms with Crippen LogP contribution in [0.5, 0.6) is 0 Å². The minimum absolute atomic E-state index is 0.581. The molecule has 260 valence electrons. The van der Waals surface area contributed by atoms with Crippen LogP contribution < -0.4 is 0 Å². The van der Waals surface area contributed by atoms with E-state index in [1.807, 2.05) is 11.3 Å². The van der Waals surface area contributed by atoms with E-state index in [1.54, 1.807) is 0 Å². The molecule has 3 heterocycles. The van der Waals surface area contributed by atoms with Crippen LogP contribution in [-0.4, -0.2) is 19.5 Å². The van der Waals surface area contributed by atoms with Crippen molar-refractivity contribution in [3.63, 3.8) is 0 Å². The normalized spacial score (nSPS) is 11.9. The Kier molecular flexibility index (Phi) is 6.76. The molecule has 5 heteroatoms. The molecule has 0 bridgehead atoms. The number of aromatic nitrogens is 4. The van der Waals surface area contributed by atoms with Crippen LogP contribution in [0.1, 0.15) is 0 Å². The van der Waals surface area contributed by atoms with Gasteiger partial charge < -0.3 is 0 Å². The lowest BCUT2D eigenvalue weighted by Crippen LogP contribution is -2.07. The van der Waals surface area contributed by atoms with Gasteiger partial charge in [-0.15, -0.1) is 11.3 Å². The van der Waals surface area contributed by atoms with Crippen LogP contribution in [0.25, 0.3) is 114 Å². The standard InChI is InChI=1S/C51H30N4S/c1-3-14-34-29-36(25-23-31(34)11-1)49-52-50(37-26-24-32-12-2-4-15-35(32)30-37)54-51(53-49)55-44-28-27-33-13-5-6-16-38(33)46(44)43-21-9-18-40(47(43)55)42-20-10-19-41-39-17-7-8-22-45(39)56-48(41)42/h1-30H. The first-order valence-corrected chi connectivity index (χ1v) is 19.7. The molecule has 3 aromatic heterocycles. The topological polar surface area (TPSA) is 43.6 Å². The molecule has 0 atom stereocenters. The average molecular weight is 731 g/mol. The third-order valence-corrected chi connectivity index (χ3v) is 12.4. The van der Waals surface area contributed by atoms with Gasteiger partial charge >= 0.3 is 0 Å². The van der Waals surface area contributed by atoms with Crippen molar-refractivity contribution >= 4 is 85.6 Å². The van der Waals surface area contributed by atoms with Crippen LogP contribution >= 0.6 is 11.3 Å². The molecule has 0 amide bonds. The molecule has 0 N–H and O–H groups in total. The Hall–Kier alpha value is -7.21. The van der Waals surface area contributed by atoms with Crippen molar-refractivity contribution in [3.8, 4) is 39.9 Å². The number of para-hydroxylation sites is 1. The molecule has 0 saturated heterocycles. The lowest BCUT2D eigenvalue weighted by Gasteiger charge is -2.14.